The van der Waals surface area contributed by atoms with E-state index in [-0.39, 0.29) is 13.2 Å². The molecular weight excluding hydrogens is 272 g/mol. The van der Waals surface area contributed by atoms with Crippen molar-refractivity contribution in [1.29, 1.82) is 0 Å². The van der Waals surface area contributed by atoms with Gasteiger partial charge in [0.05, 0.1) is 36.9 Å². The Morgan fingerprint density at radius 1 is 0.750 bits per heavy atom. The lowest BCUT2D eigenvalue weighted by atomic mass is 9.56. The summed E-state index contributed by atoms with van der Waals surface area (Å²) in [7, 11) is 0. The number of hydrogen-bond donors (Lipinski definition) is 2. The van der Waals surface area contributed by atoms with Crippen LogP contribution in [0.1, 0.15) is 13.8 Å². The quantitative estimate of drug-likeness (QED) is 0.641. The van der Waals surface area contributed by atoms with E-state index < -0.39 is 47.5 Å². The molecule has 0 heterocycles. The summed E-state index contributed by atoms with van der Waals surface area (Å²) < 4.78 is 9.42. The molecule has 1 aliphatic rings. The zero-order chi connectivity index (χ0) is 15.4. The molecule has 112 valence electrons. The van der Waals surface area contributed by atoms with E-state index in [0.29, 0.717) is 0 Å². The lowest BCUT2D eigenvalue weighted by Gasteiger charge is -2.43. The number of carbonyl (C=O) groups is 4. The number of aliphatic carboxylic acids is 2. The van der Waals surface area contributed by atoms with Crippen molar-refractivity contribution in [2.45, 2.75) is 13.8 Å². The summed E-state index contributed by atoms with van der Waals surface area (Å²) in [4.78, 5) is 45.7. The first kappa shape index (κ1) is 15.9. The van der Waals surface area contributed by atoms with Crippen molar-refractivity contribution in [2.24, 2.45) is 23.7 Å². The summed E-state index contributed by atoms with van der Waals surface area (Å²) in [5, 5.41) is 18.1. The molecule has 8 nitrogen and oxygen atoms in total. The van der Waals surface area contributed by atoms with Gasteiger partial charge in [0.15, 0.2) is 0 Å². The first-order valence-electron chi connectivity index (χ1n) is 6.15. The predicted octanol–water partition coefficient (Wildman–Crippen LogP) is -0.240. The number of carboxylic acids is 2. The van der Waals surface area contributed by atoms with Crippen LogP contribution >= 0.6 is 0 Å². The second-order valence-electron chi connectivity index (χ2n) is 4.28. The highest BCUT2D eigenvalue weighted by molar-refractivity contribution is 5.96. The number of carbonyl (C=O) groups excluding carboxylic acids is 2. The van der Waals surface area contributed by atoms with E-state index in [1.165, 1.54) is 13.8 Å². The molecule has 0 saturated heterocycles. The minimum atomic E-state index is -1.49. The Morgan fingerprint density at radius 3 is 1.25 bits per heavy atom. The van der Waals surface area contributed by atoms with Crippen molar-refractivity contribution in [3.8, 4) is 0 Å². The summed E-state index contributed by atoms with van der Waals surface area (Å²) in [5.41, 5.74) is 0. The molecule has 2 N–H and O–H groups in total. The van der Waals surface area contributed by atoms with Crippen LogP contribution in [0.4, 0.5) is 0 Å². The summed E-state index contributed by atoms with van der Waals surface area (Å²) >= 11 is 0. The molecule has 1 rings (SSSR count). The van der Waals surface area contributed by atoms with E-state index >= 15 is 0 Å². The SMILES string of the molecule is CCOC(=O)C1C(C(=O)O)C(C(=O)O)C1C(=O)OCC. The van der Waals surface area contributed by atoms with Crippen molar-refractivity contribution >= 4 is 23.9 Å². The molecule has 4 unspecified atom stereocenters. The van der Waals surface area contributed by atoms with Crippen molar-refractivity contribution in [2.75, 3.05) is 13.2 Å². The van der Waals surface area contributed by atoms with Crippen LogP contribution in [0.5, 0.6) is 0 Å². The number of esters is 2. The van der Waals surface area contributed by atoms with E-state index in [0.717, 1.165) is 0 Å². The normalized spacial score (nSPS) is 28.1. The highest BCUT2D eigenvalue weighted by atomic mass is 16.5. The first-order chi connectivity index (χ1) is 9.36. The summed E-state index contributed by atoms with van der Waals surface area (Å²) in [5.74, 6) is -10.3. The van der Waals surface area contributed by atoms with Crippen LogP contribution in [0.3, 0.4) is 0 Å². The first-order valence-corrected chi connectivity index (χ1v) is 6.15. The number of carboxylic acid groups (broad SMARTS) is 2. The van der Waals surface area contributed by atoms with E-state index in [1.807, 2.05) is 0 Å². The Kier molecular flexibility index (Phi) is 5.06. The van der Waals surface area contributed by atoms with Gasteiger partial charge in [-0.15, -0.1) is 0 Å². The lowest BCUT2D eigenvalue weighted by molar-refractivity contribution is -0.196. The van der Waals surface area contributed by atoms with Crippen LogP contribution in [0, 0.1) is 23.7 Å². The minimum absolute atomic E-state index is 0.00888. The molecule has 8 heteroatoms. The van der Waals surface area contributed by atoms with Crippen molar-refractivity contribution in [1.82, 2.24) is 0 Å². The third-order valence-electron chi connectivity index (χ3n) is 3.24. The van der Waals surface area contributed by atoms with Crippen LogP contribution in [0.2, 0.25) is 0 Å². The van der Waals surface area contributed by atoms with Gasteiger partial charge in [-0.1, -0.05) is 0 Å². The monoisotopic (exact) mass is 288 g/mol. The number of hydrogen-bond acceptors (Lipinski definition) is 6. The van der Waals surface area contributed by atoms with Crippen molar-refractivity contribution in [3.05, 3.63) is 0 Å². The number of ether oxygens (including phenoxy) is 2. The fourth-order valence-electron chi connectivity index (χ4n) is 2.43. The van der Waals surface area contributed by atoms with Gasteiger partial charge in [-0.05, 0) is 13.8 Å². The fourth-order valence-corrected chi connectivity index (χ4v) is 2.43. The maximum absolute atomic E-state index is 11.7. The summed E-state index contributed by atoms with van der Waals surface area (Å²) in [6, 6.07) is 0. The molecule has 0 amide bonds. The van der Waals surface area contributed by atoms with E-state index in [2.05, 4.69) is 0 Å². The predicted molar refractivity (Wildman–Crippen MR) is 62.5 cm³/mol. The molecule has 20 heavy (non-hydrogen) atoms. The van der Waals surface area contributed by atoms with Crippen LogP contribution in [0.25, 0.3) is 0 Å². The third kappa shape index (κ3) is 2.73. The van der Waals surface area contributed by atoms with Crippen LogP contribution in [0.15, 0.2) is 0 Å². The topological polar surface area (TPSA) is 127 Å². The van der Waals surface area contributed by atoms with Gasteiger partial charge in [0.1, 0.15) is 0 Å². The molecule has 0 radical (unpaired) electrons. The fraction of sp³-hybridized carbons (Fsp3) is 0.667. The molecule has 0 aliphatic heterocycles. The Hall–Kier alpha value is -2.12. The Labute approximate surface area is 114 Å². The van der Waals surface area contributed by atoms with Gasteiger partial charge < -0.3 is 19.7 Å². The zero-order valence-corrected chi connectivity index (χ0v) is 11.1. The Bertz CT molecular complexity index is 389. The molecule has 1 saturated carbocycles. The maximum atomic E-state index is 11.7. The molecule has 4 atom stereocenters. The van der Waals surface area contributed by atoms with Crippen molar-refractivity contribution < 1.29 is 38.9 Å². The molecule has 1 fully saturated rings. The zero-order valence-electron chi connectivity index (χ0n) is 11.1. The summed E-state index contributed by atoms with van der Waals surface area (Å²) in [6.45, 7) is 3.07. The van der Waals surface area contributed by atoms with Crippen LogP contribution in [-0.2, 0) is 28.7 Å². The summed E-state index contributed by atoms with van der Waals surface area (Å²) in [6.07, 6.45) is 0. The van der Waals surface area contributed by atoms with E-state index in [9.17, 15) is 19.2 Å². The van der Waals surface area contributed by atoms with Gasteiger partial charge in [0.25, 0.3) is 0 Å². The largest absolute Gasteiger partial charge is 0.481 e. The molecule has 0 aromatic rings. The number of rotatable bonds is 6. The highest BCUT2D eigenvalue weighted by Crippen LogP contribution is 2.48. The Balaban J connectivity index is 3.06. The third-order valence-corrected chi connectivity index (χ3v) is 3.24. The Morgan fingerprint density at radius 2 is 1.05 bits per heavy atom. The molecular formula is C12H16O8. The highest BCUT2D eigenvalue weighted by Gasteiger charge is 2.65. The average Bonchev–Trinajstić information content (AvgIpc) is 2.26. The van der Waals surface area contributed by atoms with Gasteiger partial charge in [-0.25, -0.2) is 0 Å². The van der Waals surface area contributed by atoms with E-state index in [4.69, 9.17) is 19.7 Å². The molecule has 0 aromatic carbocycles. The van der Waals surface area contributed by atoms with Gasteiger partial charge >= 0.3 is 23.9 Å². The second kappa shape index (κ2) is 6.36. The van der Waals surface area contributed by atoms with Gasteiger partial charge in [0, 0.05) is 0 Å². The second-order valence-corrected chi connectivity index (χ2v) is 4.28. The lowest BCUT2D eigenvalue weighted by Crippen LogP contribution is -2.60. The van der Waals surface area contributed by atoms with Crippen LogP contribution < -0.4 is 0 Å². The maximum Gasteiger partial charge on any atom is 0.310 e. The minimum Gasteiger partial charge on any atom is -0.481 e. The molecule has 0 bridgehead atoms. The van der Waals surface area contributed by atoms with Crippen molar-refractivity contribution in [3.63, 3.8) is 0 Å². The molecule has 0 spiro atoms. The smallest absolute Gasteiger partial charge is 0.310 e. The average molecular weight is 288 g/mol. The van der Waals surface area contributed by atoms with Gasteiger partial charge in [-0.2, -0.15) is 0 Å². The van der Waals surface area contributed by atoms with Gasteiger partial charge in [0.2, 0.25) is 0 Å². The van der Waals surface area contributed by atoms with Gasteiger partial charge in [-0.3, -0.25) is 19.2 Å². The molecule has 1 aliphatic carbocycles. The van der Waals surface area contributed by atoms with E-state index in [1.54, 1.807) is 0 Å². The molecule has 0 aromatic heterocycles. The van der Waals surface area contributed by atoms with Crippen LogP contribution in [-0.4, -0.2) is 47.3 Å². The standard InChI is InChI=1S/C12H16O8/c1-3-19-11(17)7-5(9(13)14)6(10(15)16)8(7)12(18)20-4-2/h5-8H,3-4H2,1-2H3,(H,13,14)(H,15,16).